The first-order chi connectivity index (χ1) is 15.5. The predicted molar refractivity (Wildman–Crippen MR) is 124 cm³/mol. The molecule has 2 unspecified atom stereocenters. The molecule has 6 heteroatoms. The fourth-order valence-electron chi connectivity index (χ4n) is 5.44. The van der Waals surface area contributed by atoms with Gasteiger partial charge in [0.15, 0.2) is 5.54 Å². The molecule has 3 aromatic rings. The first-order valence-electron chi connectivity index (χ1n) is 11.3. The monoisotopic (exact) mass is 431 g/mol. The second-order valence-electron chi connectivity index (χ2n) is 8.91. The van der Waals surface area contributed by atoms with Crippen molar-refractivity contribution in [1.29, 1.82) is 0 Å². The second-order valence-corrected chi connectivity index (χ2v) is 8.91. The van der Waals surface area contributed by atoms with Gasteiger partial charge in [-0.15, -0.1) is 0 Å². The van der Waals surface area contributed by atoms with E-state index in [0.717, 1.165) is 46.3 Å². The topological polar surface area (TPSA) is 65.6 Å². The largest absolute Gasteiger partial charge is 0.496 e. The van der Waals surface area contributed by atoms with Crippen molar-refractivity contribution in [1.82, 2.24) is 14.8 Å². The maximum Gasteiger partial charge on any atom is 0.254 e. The third-order valence-electron chi connectivity index (χ3n) is 7.11. The van der Waals surface area contributed by atoms with Crippen molar-refractivity contribution >= 4 is 22.7 Å². The first kappa shape index (κ1) is 20.6. The minimum absolute atomic E-state index is 0.00293. The van der Waals surface area contributed by atoms with Gasteiger partial charge in [-0.05, 0) is 31.0 Å². The van der Waals surface area contributed by atoms with Gasteiger partial charge in [-0.1, -0.05) is 49.7 Å². The Morgan fingerprint density at radius 1 is 1.12 bits per heavy atom. The molecule has 6 nitrogen and oxygen atoms in total. The lowest BCUT2D eigenvalue weighted by Crippen LogP contribution is -2.67. The van der Waals surface area contributed by atoms with Crippen LogP contribution in [-0.4, -0.2) is 53.3 Å². The average Bonchev–Trinajstić information content (AvgIpc) is 3.21. The molecule has 1 N–H and O–H groups in total. The number of fused-ring (bicyclic) bond motifs is 5. The number of nitrogens with one attached hydrogen (secondary N) is 1. The van der Waals surface area contributed by atoms with Crippen LogP contribution < -0.4 is 4.74 Å². The molecule has 0 saturated carbocycles. The van der Waals surface area contributed by atoms with Crippen molar-refractivity contribution in [3.63, 3.8) is 0 Å². The number of unbranched alkanes of at least 4 members (excludes halogenated alkanes) is 1. The van der Waals surface area contributed by atoms with Gasteiger partial charge in [-0.3, -0.25) is 9.59 Å². The highest BCUT2D eigenvalue weighted by atomic mass is 16.5. The minimum atomic E-state index is -1.05. The molecular formula is C26H29N3O3. The molecule has 1 saturated heterocycles. The van der Waals surface area contributed by atoms with Gasteiger partial charge in [0.05, 0.1) is 19.3 Å². The standard InChI is InChI=1S/C26H29N3O3/c1-4-5-14-28-16-22(30)29-15-19(17-10-7-9-13-21(17)32-3)23-18-11-6-8-12-20(18)27-24(23)26(29,2)25(28)31/h6-13,19,27H,4-5,14-16H2,1-3H3. The van der Waals surface area contributed by atoms with E-state index in [1.165, 1.54) is 0 Å². The number of rotatable bonds is 5. The van der Waals surface area contributed by atoms with E-state index in [2.05, 4.69) is 24.0 Å². The van der Waals surface area contributed by atoms with Gasteiger partial charge in [0.25, 0.3) is 5.91 Å². The molecule has 3 heterocycles. The summed E-state index contributed by atoms with van der Waals surface area (Å²) in [6, 6.07) is 16.1. The van der Waals surface area contributed by atoms with Crippen LogP contribution in [0, 0.1) is 0 Å². The second kappa shape index (κ2) is 7.69. The lowest BCUT2D eigenvalue weighted by Gasteiger charge is -2.51. The van der Waals surface area contributed by atoms with Crippen molar-refractivity contribution in [3.05, 3.63) is 65.4 Å². The van der Waals surface area contributed by atoms with E-state index in [1.807, 2.05) is 43.3 Å². The summed E-state index contributed by atoms with van der Waals surface area (Å²) in [7, 11) is 1.67. The maximum absolute atomic E-state index is 13.8. The van der Waals surface area contributed by atoms with Gasteiger partial charge in [0, 0.05) is 35.5 Å². The maximum atomic E-state index is 13.8. The molecular weight excluding hydrogens is 402 g/mol. The molecule has 1 fully saturated rings. The predicted octanol–water partition coefficient (Wildman–Crippen LogP) is 4.01. The third kappa shape index (κ3) is 2.85. The molecule has 2 aliphatic heterocycles. The minimum Gasteiger partial charge on any atom is -0.496 e. The van der Waals surface area contributed by atoms with E-state index in [1.54, 1.807) is 16.9 Å². The SMILES string of the molecule is CCCCN1CC(=O)N2CC(c3ccccc3OC)c3c([nH]c4ccccc34)C2(C)C1=O. The van der Waals surface area contributed by atoms with Crippen LogP contribution in [0.2, 0.25) is 0 Å². The molecule has 166 valence electrons. The Bertz CT molecular complexity index is 1200. The van der Waals surface area contributed by atoms with Crippen LogP contribution in [0.25, 0.3) is 10.9 Å². The number of aromatic amines is 1. The average molecular weight is 432 g/mol. The van der Waals surface area contributed by atoms with E-state index in [0.29, 0.717) is 13.1 Å². The number of piperazine rings is 1. The van der Waals surface area contributed by atoms with Crippen molar-refractivity contribution in [2.75, 3.05) is 26.7 Å². The van der Waals surface area contributed by atoms with Gasteiger partial charge in [0.2, 0.25) is 5.91 Å². The van der Waals surface area contributed by atoms with E-state index in [4.69, 9.17) is 4.74 Å². The zero-order valence-electron chi connectivity index (χ0n) is 18.9. The van der Waals surface area contributed by atoms with Crippen molar-refractivity contribution in [2.24, 2.45) is 0 Å². The Balaban J connectivity index is 1.74. The Labute approximate surface area is 188 Å². The van der Waals surface area contributed by atoms with Crippen LogP contribution in [0.15, 0.2) is 48.5 Å². The molecule has 1 aromatic heterocycles. The van der Waals surface area contributed by atoms with Crippen LogP contribution in [-0.2, 0) is 15.1 Å². The van der Waals surface area contributed by atoms with E-state index in [-0.39, 0.29) is 24.3 Å². The summed E-state index contributed by atoms with van der Waals surface area (Å²) in [5, 5.41) is 1.09. The summed E-state index contributed by atoms with van der Waals surface area (Å²) < 4.78 is 5.68. The Morgan fingerprint density at radius 2 is 1.88 bits per heavy atom. The Kier molecular flexibility index (Phi) is 4.96. The Hall–Kier alpha value is -3.28. The van der Waals surface area contributed by atoms with Gasteiger partial charge < -0.3 is 19.5 Å². The Morgan fingerprint density at radius 3 is 2.66 bits per heavy atom. The number of ether oxygens (including phenoxy) is 1. The highest BCUT2D eigenvalue weighted by molar-refractivity contribution is 6.01. The molecule has 0 aliphatic carbocycles. The van der Waals surface area contributed by atoms with E-state index < -0.39 is 5.54 Å². The van der Waals surface area contributed by atoms with Crippen LogP contribution in [0.5, 0.6) is 5.75 Å². The number of hydrogen-bond donors (Lipinski definition) is 1. The normalized spacial score (nSPS) is 22.8. The number of benzene rings is 2. The quantitative estimate of drug-likeness (QED) is 0.664. The molecule has 0 radical (unpaired) electrons. The van der Waals surface area contributed by atoms with Crippen molar-refractivity contribution in [2.45, 2.75) is 38.1 Å². The molecule has 2 aromatic carbocycles. The molecule has 0 spiro atoms. The highest BCUT2D eigenvalue weighted by Gasteiger charge is 2.56. The highest BCUT2D eigenvalue weighted by Crippen LogP contribution is 2.49. The molecule has 2 aliphatic rings. The van der Waals surface area contributed by atoms with E-state index in [9.17, 15) is 9.59 Å². The molecule has 5 rings (SSSR count). The summed E-state index contributed by atoms with van der Waals surface area (Å²) in [6.07, 6.45) is 1.87. The number of carbonyl (C=O) groups is 2. The third-order valence-corrected chi connectivity index (χ3v) is 7.11. The van der Waals surface area contributed by atoms with E-state index >= 15 is 0 Å². The van der Waals surface area contributed by atoms with Gasteiger partial charge in [0.1, 0.15) is 5.75 Å². The van der Waals surface area contributed by atoms with Crippen LogP contribution in [0.4, 0.5) is 0 Å². The van der Waals surface area contributed by atoms with Crippen LogP contribution in [0.1, 0.15) is 49.4 Å². The fourth-order valence-corrected chi connectivity index (χ4v) is 5.44. The molecule has 2 amide bonds. The number of hydrogen-bond acceptors (Lipinski definition) is 3. The zero-order chi connectivity index (χ0) is 22.5. The lowest BCUT2D eigenvalue weighted by molar-refractivity contribution is -0.166. The summed E-state index contributed by atoms with van der Waals surface area (Å²) in [6.45, 7) is 5.19. The number of para-hydroxylation sites is 2. The number of methoxy groups -OCH3 is 1. The number of H-pyrrole nitrogens is 1. The van der Waals surface area contributed by atoms with Crippen LogP contribution >= 0.6 is 0 Å². The van der Waals surface area contributed by atoms with Gasteiger partial charge in [-0.2, -0.15) is 0 Å². The van der Waals surface area contributed by atoms with Crippen molar-refractivity contribution in [3.8, 4) is 5.75 Å². The van der Waals surface area contributed by atoms with Crippen LogP contribution in [0.3, 0.4) is 0 Å². The molecule has 32 heavy (non-hydrogen) atoms. The van der Waals surface area contributed by atoms with Gasteiger partial charge >= 0.3 is 0 Å². The summed E-state index contributed by atoms with van der Waals surface area (Å²) in [4.78, 5) is 34.3. The summed E-state index contributed by atoms with van der Waals surface area (Å²) >= 11 is 0. The molecule has 2 atom stereocenters. The fraction of sp³-hybridized carbons (Fsp3) is 0.385. The number of carbonyl (C=O) groups excluding carboxylic acids is 2. The summed E-state index contributed by atoms with van der Waals surface area (Å²) in [5.74, 6) is 0.686. The van der Waals surface area contributed by atoms with Gasteiger partial charge in [-0.25, -0.2) is 0 Å². The van der Waals surface area contributed by atoms with Crippen molar-refractivity contribution < 1.29 is 14.3 Å². The number of amides is 2. The number of nitrogens with zero attached hydrogens (tertiary/aromatic N) is 2. The zero-order valence-corrected chi connectivity index (χ0v) is 18.9. The molecule has 0 bridgehead atoms. The summed E-state index contributed by atoms with van der Waals surface area (Å²) in [5.41, 5.74) is 2.86. The lowest BCUT2D eigenvalue weighted by atomic mass is 9.76. The number of aromatic nitrogens is 1. The first-order valence-corrected chi connectivity index (χ1v) is 11.3. The smallest absolute Gasteiger partial charge is 0.254 e.